The minimum atomic E-state index is 0.148. The van der Waals surface area contributed by atoms with Gasteiger partial charge in [-0.1, -0.05) is 29.8 Å². The minimum absolute atomic E-state index is 0.148. The Hall–Kier alpha value is -0.830. The van der Waals surface area contributed by atoms with Gasteiger partial charge in [-0.3, -0.25) is 4.79 Å². The molecule has 0 N–H and O–H groups in total. The van der Waals surface area contributed by atoms with Gasteiger partial charge in [0.05, 0.1) is 6.61 Å². The summed E-state index contributed by atoms with van der Waals surface area (Å²) >= 11 is 3.54. The molecule has 1 aliphatic heterocycles. The lowest BCUT2D eigenvalue weighted by molar-refractivity contribution is -0.121. The monoisotopic (exact) mass is 310 g/mol. The highest BCUT2D eigenvalue weighted by molar-refractivity contribution is 9.10. The number of rotatable bonds is 5. The molecular weight excluding hydrogens is 292 g/mol. The molecule has 0 spiro atoms. The maximum absolute atomic E-state index is 11.6. The molecular formula is C15H19BrO2. The largest absolute Gasteiger partial charge is 0.493 e. The van der Waals surface area contributed by atoms with Crippen LogP contribution in [0, 0.1) is 5.92 Å². The van der Waals surface area contributed by atoms with Crippen molar-refractivity contribution in [1.82, 2.24) is 0 Å². The second kappa shape index (κ2) is 5.87. The number of carbonyl (C=O) groups excluding carboxylic acids is 1. The highest BCUT2D eigenvalue weighted by Crippen LogP contribution is 2.33. The van der Waals surface area contributed by atoms with Gasteiger partial charge < -0.3 is 4.74 Å². The SMILES string of the molecule is CC(C)C(=O)CCCc1cc(Br)cc2c1OCC2. The first-order chi connectivity index (χ1) is 8.58. The summed E-state index contributed by atoms with van der Waals surface area (Å²) in [6.45, 7) is 4.70. The molecule has 0 unspecified atom stereocenters. The predicted molar refractivity (Wildman–Crippen MR) is 76.1 cm³/mol. The Morgan fingerprint density at radius 2 is 2.22 bits per heavy atom. The van der Waals surface area contributed by atoms with Gasteiger partial charge in [-0.05, 0) is 36.1 Å². The van der Waals surface area contributed by atoms with Crippen LogP contribution in [0.15, 0.2) is 16.6 Å². The Balaban J connectivity index is 2.00. The van der Waals surface area contributed by atoms with Crippen molar-refractivity contribution in [3.63, 3.8) is 0 Å². The maximum atomic E-state index is 11.6. The summed E-state index contributed by atoms with van der Waals surface area (Å²) in [5.41, 5.74) is 2.52. The van der Waals surface area contributed by atoms with Crippen molar-refractivity contribution in [2.24, 2.45) is 5.92 Å². The van der Waals surface area contributed by atoms with Gasteiger partial charge in [0.15, 0.2) is 0 Å². The van der Waals surface area contributed by atoms with Crippen LogP contribution < -0.4 is 4.74 Å². The molecule has 1 heterocycles. The van der Waals surface area contributed by atoms with Gasteiger partial charge in [0.25, 0.3) is 0 Å². The zero-order chi connectivity index (χ0) is 13.1. The molecule has 2 rings (SSSR count). The van der Waals surface area contributed by atoms with Crippen LogP contribution in [-0.2, 0) is 17.6 Å². The van der Waals surface area contributed by atoms with E-state index in [1.54, 1.807) is 0 Å². The van der Waals surface area contributed by atoms with Crippen molar-refractivity contribution in [1.29, 1.82) is 0 Å². The lowest BCUT2D eigenvalue weighted by atomic mass is 9.99. The van der Waals surface area contributed by atoms with Crippen molar-refractivity contribution in [3.05, 3.63) is 27.7 Å². The third-order valence-corrected chi connectivity index (χ3v) is 3.80. The fourth-order valence-corrected chi connectivity index (χ4v) is 2.83. The Kier molecular flexibility index (Phi) is 4.44. The number of ketones is 1. The fraction of sp³-hybridized carbons (Fsp3) is 0.533. The molecule has 0 atom stereocenters. The zero-order valence-corrected chi connectivity index (χ0v) is 12.5. The van der Waals surface area contributed by atoms with Crippen LogP contribution in [0.1, 0.15) is 37.8 Å². The first kappa shape index (κ1) is 13.6. The summed E-state index contributed by atoms with van der Waals surface area (Å²) in [7, 11) is 0. The normalized spacial score (nSPS) is 13.6. The van der Waals surface area contributed by atoms with Gasteiger partial charge in [0, 0.05) is 23.2 Å². The van der Waals surface area contributed by atoms with Gasteiger partial charge >= 0.3 is 0 Å². The summed E-state index contributed by atoms with van der Waals surface area (Å²) in [6.07, 6.45) is 3.48. The molecule has 98 valence electrons. The Morgan fingerprint density at radius 3 is 2.94 bits per heavy atom. The molecule has 0 aliphatic carbocycles. The lowest BCUT2D eigenvalue weighted by Crippen LogP contribution is -2.07. The molecule has 0 saturated heterocycles. The van der Waals surface area contributed by atoms with Crippen molar-refractivity contribution in [2.75, 3.05) is 6.61 Å². The standard InChI is InChI=1S/C15H19BrO2/c1-10(2)14(17)5-3-4-11-8-13(16)9-12-6-7-18-15(11)12/h8-10H,3-7H2,1-2H3. The van der Waals surface area contributed by atoms with E-state index in [9.17, 15) is 4.79 Å². The Morgan fingerprint density at radius 1 is 1.44 bits per heavy atom. The van der Waals surface area contributed by atoms with Crippen LogP contribution in [0.5, 0.6) is 5.75 Å². The molecule has 3 heteroatoms. The third-order valence-electron chi connectivity index (χ3n) is 3.34. The highest BCUT2D eigenvalue weighted by Gasteiger charge is 2.17. The zero-order valence-electron chi connectivity index (χ0n) is 11.0. The number of fused-ring (bicyclic) bond motifs is 1. The summed E-state index contributed by atoms with van der Waals surface area (Å²) in [4.78, 5) is 11.6. The number of ether oxygens (including phenoxy) is 1. The van der Waals surface area contributed by atoms with Gasteiger partial charge in [-0.2, -0.15) is 0 Å². The van der Waals surface area contributed by atoms with E-state index in [-0.39, 0.29) is 5.92 Å². The number of carbonyl (C=O) groups is 1. The van der Waals surface area contributed by atoms with Gasteiger partial charge in [-0.15, -0.1) is 0 Å². The average molecular weight is 311 g/mol. The molecule has 1 aliphatic rings. The van der Waals surface area contributed by atoms with Crippen LogP contribution >= 0.6 is 15.9 Å². The van der Waals surface area contributed by atoms with E-state index in [1.807, 2.05) is 13.8 Å². The summed E-state index contributed by atoms with van der Waals surface area (Å²) in [6, 6.07) is 4.25. The van der Waals surface area contributed by atoms with Crippen LogP contribution in [0.4, 0.5) is 0 Å². The number of benzene rings is 1. The van der Waals surface area contributed by atoms with E-state index in [0.717, 1.165) is 36.1 Å². The molecule has 0 radical (unpaired) electrons. The van der Waals surface area contributed by atoms with Gasteiger partial charge in [-0.25, -0.2) is 0 Å². The smallest absolute Gasteiger partial charge is 0.135 e. The van der Waals surface area contributed by atoms with E-state index < -0.39 is 0 Å². The molecule has 2 nitrogen and oxygen atoms in total. The van der Waals surface area contributed by atoms with E-state index in [2.05, 4.69) is 28.1 Å². The van der Waals surface area contributed by atoms with E-state index in [1.165, 1.54) is 11.1 Å². The quantitative estimate of drug-likeness (QED) is 0.823. The molecule has 0 aromatic heterocycles. The summed E-state index contributed by atoms with van der Waals surface area (Å²) in [5.74, 6) is 1.55. The van der Waals surface area contributed by atoms with Crippen LogP contribution in [-0.4, -0.2) is 12.4 Å². The van der Waals surface area contributed by atoms with Crippen molar-refractivity contribution < 1.29 is 9.53 Å². The van der Waals surface area contributed by atoms with Crippen LogP contribution in [0.2, 0.25) is 0 Å². The third kappa shape index (κ3) is 3.14. The van der Waals surface area contributed by atoms with E-state index >= 15 is 0 Å². The predicted octanol–water partition coefficient (Wildman–Crippen LogP) is 3.93. The molecule has 18 heavy (non-hydrogen) atoms. The number of hydrogen-bond donors (Lipinski definition) is 0. The van der Waals surface area contributed by atoms with Crippen LogP contribution in [0.25, 0.3) is 0 Å². The first-order valence-corrected chi connectivity index (χ1v) is 7.34. The first-order valence-electron chi connectivity index (χ1n) is 6.54. The fourth-order valence-electron chi connectivity index (χ4n) is 2.27. The van der Waals surface area contributed by atoms with Gasteiger partial charge in [0.2, 0.25) is 0 Å². The molecule has 0 fully saturated rings. The second-order valence-corrected chi connectivity index (χ2v) is 6.04. The van der Waals surface area contributed by atoms with Crippen molar-refractivity contribution in [3.8, 4) is 5.75 Å². The van der Waals surface area contributed by atoms with E-state index in [0.29, 0.717) is 12.2 Å². The van der Waals surface area contributed by atoms with Crippen LogP contribution in [0.3, 0.4) is 0 Å². The molecule has 1 aromatic rings. The maximum Gasteiger partial charge on any atom is 0.135 e. The number of aryl methyl sites for hydroxylation is 1. The van der Waals surface area contributed by atoms with Crippen molar-refractivity contribution >= 4 is 21.7 Å². The molecule has 0 saturated carbocycles. The van der Waals surface area contributed by atoms with Gasteiger partial charge in [0.1, 0.15) is 11.5 Å². The number of Topliss-reactive ketones (excluding diaryl/α,β-unsaturated/α-hetero) is 1. The summed E-state index contributed by atoms with van der Waals surface area (Å²) < 4.78 is 6.79. The highest BCUT2D eigenvalue weighted by atomic mass is 79.9. The average Bonchev–Trinajstić information content (AvgIpc) is 2.76. The topological polar surface area (TPSA) is 26.3 Å². The second-order valence-electron chi connectivity index (χ2n) is 5.13. The summed E-state index contributed by atoms with van der Waals surface area (Å²) in [5, 5.41) is 0. The van der Waals surface area contributed by atoms with E-state index in [4.69, 9.17) is 4.74 Å². The lowest BCUT2D eigenvalue weighted by Gasteiger charge is -2.09. The number of hydrogen-bond acceptors (Lipinski definition) is 2. The number of halogens is 1. The Bertz CT molecular complexity index is 452. The Labute approximate surface area is 117 Å². The van der Waals surface area contributed by atoms with Crippen molar-refractivity contribution in [2.45, 2.75) is 39.5 Å². The molecule has 0 amide bonds. The minimum Gasteiger partial charge on any atom is -0.493 e. The molecule has 0 bridgehead atoms. The molecule has 1 aromatic carbocycles.